The van der Waals surface area contributed by atoms with E-state index in [-0.39, 0.29) is 25.7 Å². The van der Waals surface area contributed by atoms with Gasteiger partial charge in [0.2, 0.25) is 5.91 Å². The third-order valence-electron chi connectivity index (χ3n) is 9.66. The van der Waals surface area contributed by atoms with E-state index in [4.69, 9.17) is 14.8 Å². The number of hydrogen-bond acceptors (Lipinski definition) is 6. The Morgan fingerprint density at radius 2 is 1.07 bits per heavy atom. The molecule has 0 aromatic carbocycles. The third-order valence-corrected chi connectivity index (χ3v) is 10.6. The topological polar surface area (TPSA) is 131 Å². The summed E-state index contributed by atoms with van der Waals surface area (Å²) < 4.78 is 22.1. The average molecular weight is 781 g/mol. The molecule has 3 atom stereocenters. The summed E-state index contributed by atoms with van der Waals surface area (Å²) >= 11 is 0. The van der Waals surface area contributed by atoms with Crippen molar-refractivity contribution >= 4 is 13.7 Å². The molecule has 0 bridgehead atoms. The van der Waals surface area contributed by atoms with Crippen LogP contribution in [0.2, 0.25) is 0 Å². The summed E-state index contributed by atoms with van der Waals surface area (Å²) in [5.74, 6) is -0.205. The molecule has 0 heterocycles. The summed E-state index contributed by atoms with van der Waals surface area (Å²) in [5, 5.41) is 13.7. The number of phosphoric ester groups is 1. The van der Waals surface area contributed by atoms with Gasteiger partial charge in [0, 0.05) is 13.0 Å². The van der Waals surface area contributed by atoms with Gasteiger partial charge in [-0.15, -0.1) is 0 Å². The third kappa shape index (κ3) is 38.7. The van der Waals surface area contributed by atoms with Gasteiger partial charge >= 0.3 is 7.82 Å². The molecular formula is C45H85N2O6P. The Hall–Kier alpha value is -1.54. The minimum atomic E-state index is -4.34. The number of aliphatic hydroxyl groups is 1. The lowest BCUT2D eigenvalue weighted by molar-refractivity contribution is -0.123. The van der Waals surface area contributed by atoms with Gasteiger partial charge in [0.1, 0.15) is 0 Å². The van der Waals surface area contributed by atoms with Gasteiger partial charge in [-0.1, -0.05) is 191 Å². The Kier molecular flexibility index (Phi) is 39.9. The number of hydrogen-bond donors (Lipinski definition) is 4. The van der Waals surface area contributed by atoms with Crippen LogP contribution in [0.4, 0.5) is 0 Å². The molecule has 0 saturated heterocycles. The maximum absolute atomic E-state index is 12.8. The van der Waals surface area contributed by atoms with Crippen molar-refractivity contribution in [2.45, 2.75) is 212 Å². The maximum atomic E-state index is 12.8. The van der Waals surface area contributed by atoms with E-state index < -0.39 is 20.0 Å². The fourth-order valence-corrected chi connectivity index (χ4v) is 7.08. The summed E-state index contributed by atoms with van der Waals surface area (Å²) in [5.41, 5.74) is 5.37. The molecule has 0 aliphatic carbocycles. The average Bonchev–Trinajstić information content (AvgIpc) is 3.16. The van der Waals surface area contributed by atoms with E-state index in [0.29, 0.717) is 6.42 Å². The highest BCUT2D eigenvalue weighted by atomic mass is 31.2. The fraction of sp³-hybridized carbons (Fsp3) is 0.800. The van der Waals surface area contributed by atoms with E-state index in [1.807, 2.05) is 6.08 Å². The summed E-state index contributed by atoms with van der Waals surface area (Å²) in [6.45, 7) is 4.02. The minimum absolute atomic E-state index is 0.0753. The lowest BCUT2D eigenvalue weighted by Gasteiger charge is -2.23. The van der Waals surface area contributed by atoms with Gasteiger partial charge in [-0.3, -0.25) is 13.8 Å². The highest BCUT2D eigenvalue weighted by Crippen LogP contribution is 2.43. The molecule has 0 spiro atoms. The first kappa shape index (κ1) is 52.5. The molecule has 0 aromatic rings. The van der Waals surface area contributed by atoms with Gasteiger partial charge < -0.3 is 21.1 Å². The number of carbonyl (C=O) groups excluding carboxylic acids is 1. The van der Waals surface area contributed by atoms with Crippen molar-refractivity contribution in [1.82, 2.24) is 5.32 Å². The van der Waals surface area contributed by atoms with E-state index >= 15 is 0 Å². The van der Waals surface area contributed by atoms with Crippen LogP contribution < -0.4 is 11.1 Å². The normalized spacial score (nSPS) is 14.5. The molecule has 316 valence electrons. The first-order valence-corrected chi connectivity index (χ1v) is 23.8. The predicted octanol–water partition coefficient (Wildman–Crippen LogP) is 12.5. The molecule has 8 nitrogen and oxygen atoms in total. The van der Waals surface area contributed by atoms with Crippen LogP contribution >= 0.6 is 7.82 Å². The van der Waals surface area contributed by atoms with Crippen molar-refractivity contribution in [1.29, 1.82) is 0 Å². The number of aliphatic hydroxyl groups excluding tert-OH is 1. The molecule has 0 radical (unpaired) electrons. The van der Waals surface area contributed by atoms with Crippen LogP contribution in [0.15, 0.2) is 48.6 Å². The number of unbranched alkanes of at least 4 members (excludes halogenated alkanes) is 23. The first-order chi connectivity index (χ1) is 26.4. The molecule has 9 heteroatoms. The maximum Gasteiger partial charge on any atom is 0.472 e. The molecule has 0 aliphatic heterocycles. The van der Waals surface area contributed by atoms with Gasteiger partial charge in [0.15, 0.2) is 0 Å². The van der Waals surface area contributed by atoms with Crippen LogP contribution in [0.3, 0.4) is 0 Å². The van der Waals surface area contributed by atoms with Crippen LogP contribution in [0.5, 0.6) is 0 Å². The summed E-state index contributed by atoms with van der Waals surface area (Å²) in [7, 11) is -4.34. The van der Waals surface area contributed by atoms with Crippen molar-refractivity contribution in [2.75, 3.05) is 19.8 Å². The fourth-order valence-electron chi connectivity index (χ4n) is 6.32. The molecule has 1 amide bonds. The van der Waals surface area contributed by atoms with E-state index in [1.165, 1.54) is 109 Å². The number of nitrogens with one attached hydrogen (secondary N) is 1. The van der Waals surface area contributed by atoms with Gasteiger partial charge in [0.05, 0.1) is 25.4 Å². The largest absolute Gasteiger partial charge is 0.472 e. The zero-order valence-electron chi connectivity index (χ0n) is 35.0. The number of allylic oxidation sites excluding steroid dienone is 7. The summed E-state index contributed by atoms with van der Waals surface area (Å²) in [4.78, 5) is 22.7. The second kappa shape index (κ2) is 41.1. The van der Waals surface area contributed by atoms with Crippen LogP contribution in [-0.4, -0.2) is 47.8 Å². The van der Waals surface area contributed by atoms with Crippen molar-refractivity contribution in [3.63, 3.8) is 0 Å². The number of nitrogens with two attached hydrogens (primary N) is 1. The lowest BCUT2D eigenvalue weighted by atomic mass is 10.0. The quantitative estimate of drug-likeness (QED) is 0.0276. The van der Waals surface area contributed by atoms with Crippen molar-refractivity contribution in [3.05, 3.63) is 48.6 Å². The molecule has 3 unspecified atom stereocenters. The Labute approximate surface area is 332 Å². The van der Waals surface area contributed by atoms with Crippen LogP contribution in [0.1, 0.15) is 200 Å². The van der Waals surface area contributed by atoms with E-state index in [1.54, 1.807) is 6.08 Å². The standard InChI is InChI=1S/C45H85N2O6P/c1-3-5-7-9-11-13-15-17-19-21-23-24-26-28-30-32-34-36-38-44(48)43(42-53-54(50,51)52-41-40-46)47-45(49)39-37-35-33-31-29-27-25-22-20-18-16-14-12-10-8-6-4-2/h6,8,12,14,18,20,36,38,43-44,48H,3-5,7,9-11,13,15-17,19,21-35,37,39-42,46H2,1-2H3,(H,47,49)(H,50,51)/b8-6-,14-12-,20-18-,38-36+. The second-order valence-electron chi connectivity index (χ2n) is 14.9. The van der Waals surface area contributed by atoms with Crippen molar-refractivity contribution < 1.29 is 28.4 Å². The van der Waals surface area contributed by atoms with Gasteiger partial charge in [0.25, 0.3) is 0 Å². The van der Waals surface area contributed by atoms with Crippen LogP contribution in [-0.2, 0) is 18.4 Å². The van der Waals surface area contributed by atoms with Crippen LogP contribution in [0.25, 0.3) is 0 Å². The molecule has 54 heavy (non-hydrogen) atoms. The Morgan fingerprint density at radius 1 is 0.630 bits per heavy atom. The van der Waals surface area contributed by atoms with Gasteiger partial charge in [-0.25, -0.2) is 4.57 Å². The first-order valence-electron chi connectivity index (χ1n) is 22.3. The van der Waals surface area contributed by atoms with Crippen LogP contribution in [0, 0.1) is 0 Å². The van der Waals surface area contributed by atoms with Crippen molar-refractivity contribution in [3.8, 4) is 0 Å². The number of rotatable bonds is 41. The number of phosphoric acid groups is 1. The van der Waals surface area contributed by atoms with Gasteiger partial charge in [-0.2, -0.15) is 0 Å². The smallest absolute Gasteiger partial charge is 0.387 e. The van der Waals surface area contributed by atoms with Crippen molar-refractivity contribution in [2.24, 2.45) is 5.73 Å². The van der Waals surface area contributed by atoms with E-state index in [9.17, 15) is 19.4 Å². The van der Waals surface area contributed by atoms with E-state index in [0.717, 1.165) is 70.6 Å². The number of carbonyl (C=O) groups is 1. The Bertz CT molecular complexity index is 985. The molecular weight excluding hydrogens is 695 g/mol. The number of amides is 1. The summed E-state index contributed by atoms with van der Waals surface area (Å²) in [6.07, 6.45) is 50.1. The Morgan fingerprint density at radius 3 is 1.57 bits per heavy atom. The zero-order chi connectivity index (χ0) is 39.6. The SMILES string of the molecule is CC/C=C\C/C=C\C/C=C\CCCCCCCCCC(=O)NC(COP(=O)(O)OCCN)C(O)/C=C/CCCCCCCCCCCCCCCCCC. The molecule has 5 N–H and O–H groups in total. The molecule has 0 rings (SSSR count). The molecule has 0 fully saturated rings. The zero-order valence-corrected chi connectivity index (χ0v) is 35.8. The Balaban J connectivity index is 4.22. The lowest BCUT2D eigenvalue weighted by Crippen LogP contribution is -2.45. The molecule has 0 aliphatic rings. The molecule has 0 aromatic heterocycles. The predicted molar refractivity (Wildman–Crippen MR) is 231 cm³/mol. The summed E-state index contributed by atoms with van der Waals surface area (Å²) in [6, 6.07) is -0.866. The second-order valence-corrected chi connectivity index (χ2v) is 16.3. The molecule has 0 saturated carbocycles. The highest BCUT2D eigenvalue weighted by molar-refractivity contribution is 7.47. The monoisotopic (exact) mass is 781 g/mol. The minimum Gasteiger partial charge on any atom is -0.387 e. The van der Waals surface area contributed by atoms with E-state index in [2.05, 4.69) is 55.6 Å². The van der Waals surface area contributed by atoms with Gasteiger partial charge in [-0.05, 0) is 51.4 Å². The highest BCUT2D eigenvalue weighted by Gasteiger charge is 2.26.